The lowest BCUT2D eigenvalue weighted by molar-refractivity contribution is -0.149. The maximum atomic E-state index is 11.4. The molecule has 2 heterocycles. The molecule has 2 rings (SSSR count). The molecule has 0 aliphatic carbocycles. The topological polar surface area (TPSA) is 52.6 Å². The highest BCUT2D eigenvalue weighted by molar-refractivity contribution is 5.87. The fourth-order valence-corrected chi connectivity index (χ4v) is 2.21. The Morgan fingerprint density at radius 1 is 1.21 bits per heavy atom. The number of Topliss-reactive ketones (excluding diaryl/α,β-unsaturated/α-hetero) is 1. The van der Waals surface area contributed by atoms with Gasteiger partial charge in [0.15, 0.2) is 0 Å². The first-order valence-corrected chi connectivity index (χ1v) is 4.57. The van der Waals surface area contributed by atoms with Crippen LogP contribution in [0.1, 0.15) is 6.92 Å². The Kier molecular flexibility index (Phi) is 2.15. The number of carbonyl (C=O) groups excluding carboxylic acids is 2. The summed E-state index contributed by atoms with van der Waals surface area (Å²) in [6, 6.07) is 0. The van der Waals surface area contributed by atoms with Crippen LogP contribution in [0.2, 0.25) is 0 Å². The summed E-state index contributed by atoms with van der Waals surface area (Å²) in [5.74, 6) is -1.19. The normalized spacial score (nSPS) is 38.7. The fraction of sp³-hybridized carbons (Fsp3) is 0.600. The van der Waals surface area contributed by atoms with Crippen LogP contribution >= 0.6 is 0 Å². The van der Waals surface area contributed by atoms with Crippen LogP contribution in [0.4, 0.5) is 0 Å². The molecule has 0 aromatic carbocycles. The van der Waals surface area contributed by atoms with Gasteiger partial charge in [0.2, 0.25) is 0 Å². The average molecular weight is 196 g/mol. The van der Waals surface area contributed by atoms with E-state index in [4.69, 9.17) is 4.74 Å². The average Bonchev–Trinajstić information content (AvgIpc) is 2.74. The Labute approximate surface area is 81.9 Å². The Morgan fingerprint density at radius 2 is 1.79 bits per heavy atom. The minimum absolute atomic E-state index is 0.0164. The van der Waals surface area contributed by atoms with Crippen molar-refractivity contribution in [3.05, 3.63) is 12.2 Å². The molecule has 14 heavy (non-hydrogen) atoms. The van der Waals surface area contributed by atoms with E-state index < -0.39 is 5.92 Å². The zero-order valence-corrected chi connectivity index (χ0v) is 8.10. The fourth-order valence-electron chi connectivity index (χ4n) is 2.21. The van der Waals surface area contributed by atoms with Gasteiger partial charge in [-0.25, -0.2) is 0 Å². The minimum atomic E-state index is -0.451. The lowest BCUT2D eigenvalue weighted by atomic mass is 9.81. The Morgan fingerprint density at radius 3 is 2.29 bits per heavy atom. The van der Waals surface area contributed by atoms with Crippen molar-refractivity contribution in [2.45, 2.75) is 19.1 Å². The maximum Gasteiger partial charge on any atom is 0.312 e. The van der Waals surface area contributed by atoms with Crippen molar-refractivity contribution in [3.8, 4) is 0 Å². The summed E-state index contributed by atoms with van der Waals surface area (Å²) in [5, 5.41) is 0. The Balaban J connectivity index is 2.26. The molecule has 0 unspecified atom stereocenters. The molecule has 76 valence electrons. The highest BCUT2D eigenvalue weighted by Crippen LogP contribution is 2.40. The summed E-state index contributed by atoms with van der Waals surface area (Å²) in [5.41, 5.74) is 0. The molecule has 0 radical (unpaired) electrons. The molecule has 0 aromatic heterocycles. The maximum absolute atomic E-state index is 11.4. The quantitative estimate of drug-likeness (QED) is 0.471. The van der Waals surface area contributed by atoms with Gasteiger partial charge in [0, 0.05) is 0 Å². The van der Waals surface area contributed by atoms with E-state index in [-0.39, 0.29) is 29.9 Å². The Bertz CT molecular complexity index is 307. The van der Waals surface area contributed by atoms with Crippen LogP contribution in [0, 0.1) is 11.8 Å². The van der Waals surface area contributed by atoms with Crippen LogP contribution in [0.15, 0.2) is 12.2 Å². The third kappa shape index (κ3) is 1.18. The van der Waals surface area contributed by atoms with E-state index in [1.807, 2.05) is 12.2 Å². The summed E-state index contributed by atoms with van der Waals surface area (Å²) in [7, 11) is 1.33. The van der Waals surface area contributed by atoms with Gasteiger partial charge in [-0.3, -0.25) is 9.59 Å². The number of hydrogen-bond acceptors (Lipinski definition) is 4. The molecule has 2 aliphatic heterocycles. The predicted octanol–water partition coefficient (Wildman–Crippen LogP) is 0.318. The van der Waals surface area contributed by atoms with Gasteiger partial charge >= 0.3 is 5.97 Å². The number of fused-ring (bicyclic) bond motifs is 2. The molecule has 0 saturated carbocycles. The molecule has 4 nitrogen and oxygen atoms in total. The number of hydrogen-bond donors (Lipinski definition) is 0. The van der Waals surface area contributed by atoms with Crippen molar-refractivity contribution in [2.75, 3.05) is 7.11 Å². The summed E-state index contributed by atoms with van der Waals surface area (Å²) < 4.78 is 10.1. The molecular weight excluding hydrogens is 184 g/mol. The highest BCUT2D eigenvalue weighted by atomic mass is 16.5. The molecular formula is C10H12O4. The summed E-state index contributed by atoms with van der Waals surface area (Å²) in [4.78, 5) is 22.8. The second-order valence-corrected chi connectivity index (χ2v) is 3.64. The molecule has 1 saturated heterocycles. The van der Waals surface area contributed by atoms with Gasteiger partial charge in [0.25, 0.3) is 0 Å². The number of ketones is 1. The lowest BCUT2D eigenvalue weighted by Crippen LogP contribution is -2.35. The van der Waals surface area contributed by atoms with E-state index in [0.29, 0.717) is 0 Å². The molecule has 2 bridgehead atoms. The smallest absolute Gasteiger partial charge is 0.312 e. The molecule has 4 heteroatoms. The van der Waals surface area contributed by atoms with E-state index in [0.717, 1.165) is 0 Å². The molecule has 2 aliphatic rings. The largest absolute Gasteiger partial charge is 0.469 e. The second-order valence-electron chi connectivity index (χ2n) is 3.64. The first kappa shape index (κ1) is 9.40. The predicted molar refractivity (Wildman–Crippen MR) is 47.5 cm³/mol. The van der Waals surface area contributed by atoms with E-state index in [2.05, 4.69) is 4.74 Å². The van der Waals surface area contributed by atoms with Crippen LogP contribution in [-0.4, -0.2) is 31.1 Å². The SMILES string of the molecule is COC(=O)[C@@H]1[C@H](C(C)=O)[C@@H]2C=C[C@H]1O2. The molecule has 0 amide bonds. The minimum Gasteiger partial charge on any atom is -0.469 e. The van der Waals surface area contributed by atoms with Crippen molar-refractivity contribution in [3.63, 3.8) is 0 Å². The van der Waals surface area contributed by atoms with E-state index >= 15 is 0 Å². The molecule has 0 N–H and O–H groups in total. The number of methoxy groups -OCH3 is 1. The molecule has 4 atom stereocenters. The van der Waals surface area contributed by atoms with Crippen molar-refractivity contribution in [2.24, 2.45) is 11.8 Å². The van der Waals surface area contributed by atoms with Crippen molar-refractivity contribution < 1.29 is 19.1 Å². The van der Waals surface area contributed by atoms with Crippen LogP contribution in [0.25, 0.3) is 0 Å². The third-order valence-corrected chi connectivity index (χ3v) is 2.84. The van der Waals surface area contributed by atoms with Crippen molar-refractivity contribution >= 4 is 11.8 Å². The number of carbonyl (C=O) groups is 2. The third-order valence-electron chi connectivity index (χ3n) is 2.84. The molecule has 1 fully saturated rings. The summed E-state index contributed by atoms with van der Waals surface area (Å²) in [6.45, 7) is 1.48. The number of rotatable bonds is 2. The second kappa shape index (κ2) is 3.20. The summed E-state index contributed by atoms with van der Waals surface area (Å²) >= 11 is 0. The van der Waals surface area contributed by atoms with Crippen LogP contribution in [0.3, 0.4) is 0 Å². The number of esters is 1. The standard InChI is InChI=1S/C10H12O4/c1-5(11)8-6-3-4-7(14-6)9(8)10(12)13-2/h3-4,6-9H,1-2H3/t6-,7+,8+,9-/m0/s1. The van der Waals surface area contributed by atoms with Crippen LogP contribution in [0.5, 0.6) is 0 Å². The van der Waals surface area contributed by atoms with E-state index in [9.17, 15) is 9.59 Å². The van der Waals surface area contributed by atoms with Crippen molar-refractivity contribution in [1.82, 2.24) is 0 Å². The van der Waals surface area contributed by atoms with Crippen LogP contribution in [-0.2, 0) is 19.1 Å². The highest BCUT2D eigenvalue weighted by Gasteiger charge is 2.52. The summed E-state index contributed by atoms with van der Waals surface area (Å²) in [6.07, 6.45) is 3.16. The van der Waals surface area contributed by atoms with Gasteiger partial charge in [-0.1, -0.05) is 12.2 Å². The lowest BCUT2D eigenvalue weighted by Gasteiger charge is -2.20. The van der Waals surface area contributed by atoms with E-state index in [1.54, 1.807) is 0 Å². The number of ether oxygens (including phenoxy) is 2. The molecule has 0 spiro atoms. The first-order valence-electron chi connectivity index (χ1n) is 4.57. The van der Waals surface area contributed by atoms with Gasteiger partial charge in [0.05, 0.1) is 31.2 Å². The van der Waals surface area contributed by atoms with Crippen LogP contribution < -0.4 is 0 Å². The zero-order valence-electron chi connectivity index (χ0n) is 8.10. The van der Waals surface area contributed by atoms with Gasteiger partial charge in [-0.2, -0.15) is 0 Å². The van der Waals surface area contributed by atoms with Gasteiger partial charge in [-0.05, 0) is 6.92 Å². The monoisotopic (exact) mass is 196 g/mol. The first-order chi connectivity index (χ1) is 6.65. The molecule has 0 aromatic rings. The van der Waals surface area contributed by atoms with Gasteiger partial charge < -0.3 is 9.47 Å². The Hall–Kier alpha value is -1.16. The van der Waals surface area contributed by atoms with Gasteiger partial charge in [-0.15, -0.1) is 0 Å². The zero-order chi connectivity index (χ0) is 10.3. The van der Waals surface area contributed by atoms with Crippen molar-refractivity contribution in [1.29, 1.82) is 0 Å². The van der Waals surface area contributed by atoms with E-state index in [1.165, 1.54) is 14.0 Å². The van der Waals surface area contributed by atoms with Gasteiger partial charge in [0.1, 0.15) is 5.78 Å².